The highest BCUT2D eigenvalue weighted by Gasteiger charge is 2.14. The van der Waals surface area contributed by atoms with Crippen molar-refractivity contribution in [1.82, 2.24) is 15.1 Å². The Bertz CT molecular complexity index is 647. The van der Waals surface area contributed by atoms with Crippen LogP contribution in [0.2, 0.25) is 0 Å². The van der Waals surface area contributed by atoms with Crippen LogP contribution in [0, 0.1) is 6.92 Å². The molecule has 5 heteroatoms. The average Bonchev–Trinajstić information content (AvgIpc) is 2.86. The zero-order chi connectivity index (χ0) is 15.4. The number of carbonyl (C=O) groups excluding carboxylic acids is 1. The maximum atomic E-state index is 12.0. The van der Waals surface area contributed by atoms with Crippen molar-refractivity contribution in [2.45, 2.75) is 20.3 Å². The summed E-state index contributed by atoms with van der Waals surface area (Å²) in [7, 11) is 3.49. The molecule has 0 fully saturated rings. The lowest BCUT2D eigenvalue weighted by Gasteiger charge is -2.07. The Kier molecular flexibility index (Phi) is 4.62. The van der Waals surface area contributed by atoms with Crippen molar-refractivity contribution in [3.8, 4) is 17.0 Å². The second-order valence-electron chi connectivity index (χ2n) is 4.98. The SMILES string of the molecule is CCCNC(=O)c1cc(-c2ccc(OC)c(C)c2)n(C)n1. The number of nitrogens with zero attached hydrogens (tertiary/aromatic N) is 2. The molecule has 0 aliphatic heterocycles. The lowest BCUT2D eigenvalue weighted by Crippen LogP contribution is -2.24. The minimum Gasteiger partial charge on any atom is -0.496 e. The van der Waals surface area contributed by atoms with Crippen LogP contribution < -0.4 is 10.1 Å². The van der Waals surface area contributed by atoms with E-state index in [2.05, 4.69) is 10.4 Å². The first kappa shape index (κ1) is 15.1. The lowest BCUT2D eigenvalue weighted by atomic mass is 10.1. The topological polar surface area (TPSA) is 56.1 Å². The molecule has 0 saturated carbocycles. The van der Waals surface area contributed by atoms with Gasteiger partial charge in [-0.2, -0.15) is 5.10 Å². The third kappa shape index (κ3) is 3.24. The molecule has 5 nitrogen and oxygen atoms in total. The molecule has 21 heavy (non-hydrogen) atoms. The van der Waals surface area contributed by atoms with E-state index >= 15 is 0 Å². The minimum atomic E-state index is -0.135. The third-order valence-corrected chi connectivity index (χ3v) is 3.34. The summed E-state index contributed by atoms with van der Waals surface area (Å²) < 4.78 is 6.99. The number of hydrogen-bond donors (Lipinski definition) is 1. The first-order chi connectivity index (χ1) is 10.1. The van der Waals surface area contributed by atoms with Crippen molar-refractivity contribution in [2.75, 3.05) is 13.7 Å². The molecule has 0 bridgehead atoms. The van der Waals surface area contributed by atoms with Gasteiger partial charge in [0.2, 0.25) is 0 Å². The third-order valence-electron chi connectivity index (χ3n) is 3.34. The number of aromatic nitrogens is 2. The molecule has 0 spiro atoms. The van der Waals surface area contributed by atoms with E-state index in [1.807, 2.05) is 45.2 Å². The Morgan fingerprint density at radius 2 is 2.14 bits per heavy atom. The highest BCUT2D eigenvalue weighted by molar-refractivity contribution is 5.93. The highest BCUT2D eigenvalue weighted by atomic mass is 16.5. The van der Waals surface area contributed by atoms with Gasteiger partial charge in [-0.05, 0) is 43.2 Å². The summed E-state index contributed by atoms with van der Waals surface area (Å²) in [6, 6.07) is 7.74. The summed E-state index contributed by atoms with van der Waals surface area (Å²) in [5, 5.41) is 7.12. The number of aryl methyl sites for hydroxylation is 2. The van der Waals surface area contributed by atoms with Gasteiger partial charge in [0.1, 0.15) is 5.75 Å². The standard InChI is InChI=1S/C16H21N3O2/c1-5-8-17-16(20)13-10-14(19(3)18-13)12-6-7-15(21-4)11(2)9-12/h6-7,9-10H,5,8H2,1-4H3,(H,17,20). The van der Waals surface area contributed by atoms with E-state index in [1.54, 1.807) is 11.8 Å². The van der Waals surface area contributed by atoms with Crippen molar-refractivity contribution >= 4 is 5.91 Å². The first-order valence-electron chi connectivity index (χ1n) is 7.04. The van der Waals surface area contributed by atoms with Gasteiger partial charge in [-0.1, -0.05) is 6.92 Å². The maximum Gasteiger partial charge on any atom is 0.271 e. The van der Waals surface area contributed by atoms with Gasteiger partial charge in [-0.3, -0.25) is 9.48 Å². The van der Waals surface area contributed by atoms with E-state index in [0.29, 0.717) is 12.2 Å². The number of ether oxygens (including phenoxy) is 1. The quantitative estimate of drug-likeness (QED) is 0.919. The van der Waals surface area contributed by atoms with E-state index in [4.69, 9.17) is 4.74 Å². The number of amides is 1. The Labute approximate surface area is 124 Å². The monoisotopic (exact) mass is 287 g/mol. The fourth-order valence-corrected chi connectivity index (χ4v) is 2.22. The van der Waals surface area contributed by atoms with Gasteiger partial charge in [-0.15, -0.1) is 0 Å². The summed E-state index contributed by atoms with van der Waals surface area (Å²) >= 11 is 0. The van der Waals surface area contributed by atoms with Gasteiger partial charge in [0.05, 0.1) is 12.8 Å². The Morgan fingerprint density at radius 3 is 2.76 bits per heavy atom. The molecule has 1 amide bonds. The van der Waals surface area contributed by atoms with Crippen molar-refractivity contribution in [3.05, 3.63) is 35.5 Å². The molecule has 1 heterocycles. The lowest BCUT2D eigenvalue weighted by molar-refractivity contribution is 0.0948. The summed E-state index contributed by atoms with van der Waals surface area (Å²) in [5.41, 5.74) is 3.41. The van der Waals surface area contributed by atoms with Crippen molar-refractivity contribution < 1.29 is 9.53 Å². The molecule has 0 unspecified atom stereocenters. The molecule has 1 N–H and O–H groups in total. The molecule has 0 radical (unpaired) electrons. The molecular weight excluding hydrogens is 266 g/mol. The second kappa shape index (κ2) is 6.43. The van der Waals surface area contributed by atoms with Crippen LogP contribution in [-0.4, -0.2) is 29.3 Å². The predicted octanol–water partition coefficient (Wildman–Crippen LogP) is 2.54. The zero-order valence-electron chi connectivity index (χ0n) is 12.9. The van der Waals surface area contributed by atoms with Crippen LogP contribution in [0.4, 0.5) is 0 Å². The number of benzene rings is 1. The van der Waals surface area contributed by atoms with Gasteiger partial charge in [-0.25, -0.2) is 0 Å². The van der Waals surface area contributed by atoms with Crippen LogP contribution in [-0.2, 0) is 7.05 Å². The molecule has 112 valence electrons. The number of nitrogens with one attached hydrogen (secondary N) is 1. The maximum absolute atomic E-state index is 12.0. The van der Waals surface area contributed by atoms with Crippen LogP contribution in [0.3, 0.4) is 0 Å². The number of methoxy groups -OCH3 is 1. The molecule has 2 rings (SSSR count). The van der Waals surface area contributed by atoms with Gasteiger partial charge < -0.3 is 10.1 Å². The smallest absolute Gasteiger partial charge is 0.271 e. The molecule has 1 aromatic heterocycles. The normalized spacial score (nSPS) is 10.5. The van der Waals surface area contributed by atoms with E-state index in [9.17, 15) is 4.79 Å². The molecule has 1 aromatic carbocycles. The van der Waals surface area contributed by atoms with Gasteiger partial charge in [0.25, 0.3) is 5.91 Å². The Morgan fingerprint density at radius 1 is 1.38 bits per heavy atom. The van der Waals surface area contributed by atoms with E-state index in [-0.39, 0.29) is 5.91 Å². The first-order valence-corrected chi connectivity index (χ1v) is 7.04. The summed E-state index contributed by atoms with van der Waals surface area (Å²) in [5.74, 6) is 0.714. The molecule has 2 aromatic rings. The number of hydrogen-bond acceptors (Lipinski definition) is 3. The van der Waals surface area contributed by atoms with E-state index < -0.39 is 0 Å². The van der Waals surface area contributed by atoms with Gasteiger partial charge >= 0.3 is 0 Å². The molecule has 0 saturated heterocycles. The minimum absolute atomic E-state index is 0.135. The van der Waals surface area contributed by atoms with E-state index in [0.717, 1.165) is 29.0 Å². The van der Waals surface area contributed by atoms with Crippen LogP contribution >= 0.6 is 0 Å². The largest absolute Gasteiger partial charge is 0.496 e. The Hall–Kier alpha value is -2.30. The van der Waals surface area contributed by atoms with E-state index in [1.165, 1.54) is 0 Å². The van der Waals surface area contributed by atoms with Crippen molar-refractivity contribution in [1.29, 1.82) is 0 Å². The van der Waals surface area contributed by atoms with Crippen LogP contribution in [0.15, 0.2) is 24.3 Å². The van der Waals surface area contributed by atoms with Crippen molar-refractivity contribution in [3.63, 3.8) is 0 Å². The Balaban J connectivity index is 2.30. The predicted molar refractivity (Wildman–Crippen MR) is 82.6 cm³/mol. The van der Waals surface area contributed by atoms with Gasteiger partial charge in [0, 0.05) is 19.2 Å². The second-order valence-corrected chi connectivity index (χ2v) is 4.98. The average molecular weight is 287 g/mol. The molecule has 0 aliphatic carbocycles. The van der Waals surface area contributed by atoms with Crippen molar-refractivity contribution in [2.24, 2.45) is 7.05 Å². The van der Waals surface area contributed by atoms with Gasteiger partial charge in [0.15, 0.2) is 5.69 Å². The molecule has 0 aliphatic rings. The van der Waals surface area contributed by atoms with Crippen LogP contribution in [0.5, 0.6) is 5.75 Å². The highest BCUT2D eigenvalue weighted by Crippen LogP contribution is 2.26. The zero-order valence-corrected chi connectivity index (χ0v) is 12.9. The fourth-order valence-electron chi connectivity index (χ4n) is 2.22. The number of rotatable bonds is 5. The number of carbonyl (C=O) groups is 1. The fraction of sp³-hybridized carbons (Fsp3) is 0.375. The summed E-state index contributed by atoms with van der Waals surface area (Å²) in [6.07, 6.45) is 0.906. The summed E-state index contributed by atoms with van der Waals surface area (Å²) in [4.78, 5) is 12.0. The van der Waals surface area contributed by atoms with Crippen LogP contribution in [0.1, 0.15) is 29.4 Å². The summed E-state index contributed by atoms with van der Waals surface area (Å²) in [6.45, 7) is 4.67. The molecular formula is C16H21N3O2. The van der Waals surface area contributed by atoms with Crippen LogP contribution in [0.25, 0.3) is 11.3 Å². The molecule has 0 atom stereocenters.